The molecule has 0 fully saturated rings. The third-order valence-electron chi connectivity index (χ3n) is 2.66. The molecule has 0 aliphatic heterocycles. The van der Waals surface area contributed by atoms with Crippen LogP contribution in [0.3, 0.4) is 0 Å². The molecule has 0 radical (unpaired) electrons. The third kappa shape index (κ3) is 3.39. The number of amides is 1. The maximum Gasteiger partial charge on any atom is 0.255 e. The maximum absolute atomic E-state index is 12.1. The number of carbonyl (C=O) groups is 1. The van der Waals surface area contributed by atoms with E-state index in [1.54, 1.807) is 18.3 Å². The van der Waals surface area contributed by atoms with E-state index in [-0.39, 0.29) is 5.91 Å². The smallest absolute Gasteiger partial charge is 0.255 e. The summed E-state index contributed by atoms with van der Waals surface area (Å²) in [6, 6.07) is 9.14. The zero-order valence-electron chi connectivity index (χ0n) is 10.5. The van der Waals surface area contributed by atoms with Crippen LogP contribution >= 0.6 is 15.9 Å². The van der Waals surface area contributed by atoms with Gasteiger partial charge in [0, 0.05) is 22.8 Å². The Hall–Kier alpha value is -1.72. The number of halogens is 1. The van der Waals surface area contributed by atoms with Crippen molar-refractivity contribution in [1.29, 1.82) is 0 Å². The molecule has 1 aromatic heterocycles. The number of anilines is 1. The van der Waals surface area contributed by atoms with Crippen molar-refractivity contribution in [2.45, 2.75) is 13.5 Å². The molecule has 0 aliphatic carbocycles. The number of hydrogen-bond donors (Lipinski definition) is 2. The summed E-state index contributed by atoms with van der Waals surface area (Å²) >= 11 is 3.41. The van der Waals surface area contributed by atoms with Crippen LogP contribution in [0.15, 0.2) is 41.0 Å². The van der Waals surface area contributed by atoms with Gasteiger partial charge in [0.25, 0.3) is 5.91 Å². The van der Waals surface area contributed by atoms with Gasteiger partial charge in [0.1, 0.15) is 0 Å². The Bertz CT molecular complexity index is 613. The van der Waals surface area contributed by atoms with Gasteiger partial charge < -0.3 is 11.1 Å². The number of benzene rings is 1. The van der Waals surface area contributed by atoms with E-state index in [2.05, 4.69) is 26.2 Å². The Labute approximate surface area is 120 Å². The Morgan fingerprint density at radius 3 is 2.89 bits per heavy atom. The highest BCUT2D eigenvalue weighted by Gasteiger charge is 2.09. The normalized spacial score (nSPS) is 10.3. The second-order valence-corrected chi connectivity index (χ2v) is 5.03. The molecule has 0 atom stereocenters. The summed E-state index contributed by atoms with van der Waals surface area (Å²) in [5, 5.41) is 2.86. The van der Waals surface area contributed by atoms with E-state index in [9.17, 15) is 4.79 Å². The van der Waals surface area contributed by atoms with Gasteiger partial charge in [-0.25, -0.2) is 0 Å². The molecule has 0 saturated heterocycles. The number of nitrogens with zero attached hydrogens (tertiary/aromatic N) is 1. The monoisotopic (exact) mass is 319 g/mol. The van der Waals surface area contributed by atoms with Crippen LogP contribution in [0, 0.1) is 6.92 Å². The van der Waals surface area contributed by atoms with Crippen molar-refractivity contribution >= 4 is 27.5 Å². The van der Waals surface area contributed by atoms with E-state index in [0.717, 1.165) is 15.7 Å². The molecule has 2 rings (SSSR count). The van der Waals surface area contributed by atoms with Crippen LogP contribution in [0.4, 0.5) is 5.69 Å². The molecule has 4 nitrogen and oxygen atoms in total. The third-order valence-corrected chi connectivity index (χ3v) is 3.35. The van der Waals surface area contributed by atoms with Crippen molar-refractivity contribution in [3.8, 4) is 0 Å². The van der Waals surface area contributed by atoms with Gasteiger partial charge in [-0.2, -0.15) is 0 Å². The lowest BCUT2D eigenvalue weighted by Crippen LogP contribution is -2.13. The number of rotatable bonds is 3. The Morgan fingerprint density at radius 1 is 1.37 bits per heavy atom. The molecule has 1 amide bonds. The number of hydrogen-bond acceptors (Lipinski definition) is 3. The molecule has 5 heteroatoms. The number of carbonyl (C=O) groups excluding carboxylic acids is 1. The first-order valence-electron chi connectivity index (χ1n) is 5.82. The van der Waals surface area contributed by atoms with Crippen LogP contribution in [-0.2, 0) is 6.54 Å². The zero-order chi connectivity index (χ0) is 13.8. The molecule has 3 N–H and O–H groups in total. The molecule has 2 aromatic rings. The average molecular weight is 320 g/mol. The van der Waals surface area contributed by atoms with Crippen LogP contribution < -0.4 is 11.1 Å². The van der Waals surface area contributed by atoms with Gasteiger partial charge in [-0.3, -0.25) is 9.78 Å². The lowest BCUT2D eigenvalue weighted by molar-refractivity contribution is 0.102. The second kappa shape index (κ2) is 5.95. The molecule has 98 valence electrons. The van der Waals surface area contributed by atoms with Crippen molar-refractivity contribution in [3.63, 3.8) is 0 Å². The molecule has 0 bridgehead atoms. The van der Waals surface area contributed by atoms with Gasteiger partial charge in [0.05, 0.1) is 11.4 Å². The maximum atomic E-state index is 12.1. The summed E-state index contributed by atoms with van der Waals surface area (Å²) in [4.78, 5) is 16.2. The van der Waals surface area contributed by atoms with E-state index in [1.165, 1.54) is 0 Å². The largest absolute Gasteiger partial charge is 0.325 e. The van der Waals surface area contributed by atoms with Crippen molar-refractivity contribution < 1.29 is 4.79 Å². The van der Waals surface area contributed by atoms with E-state index >= 15 is 0 Å². The molecule has 1 aromatic carbocycles. The van der Waals surface area contributed by atoms with Gasteiger partial charge >= 0.3 is 0 Å². The molecular weight excluding hydrogens is 306 g/mol. The fourth-order valence-electron chi connectivity index (χ4n) is 1.66. The van der Waals surface area contributed by atoms with Crippen molar-refractivity contribution in [1.82, 2.24) is 4.98 Å². The average Bonchev–Trinajstić information content (AvgIpc) is 2.43. The first-order valence-corrected chi connectivity index (χ1v) is 6.62. The van der Waals surface area contributed by atoms with Crippen molar-refractivity contribution in [2.75, 3.05) is 5.32 Å². The first kappa shape index (κ1) is 13.7. The number of nitrogens with two attached hydrogens (primary N) is 1. The topological polar surface area (TPSA) is 68.0 Å². The zero-order valence-corrected chi connectivity index (χ0v) is 12.1. The summed E-state index contributed by atoms with van der Waals surface area (Å²) in [6.07, 6.45) is 1.59. The summed E-state index contributed by atoms with van der Waals surface area (Å²) in [5.41, 5.74) is 8.58. The highest BCUT2D eigenvalue weighted by atomic mass is 79.9. The lowest BCUT2D eigenvalue weighted by atomic mass is 10.2. The SMILES string of the molecule is Cc1ccc(Br)c(NC(=O)c2ccnc(CN)c2)c1. The summed E-state index contributed by atoms with van der Waals surface area (Å²) in [6.45, 7) is 2.29. The van der Waals surface area contributed by atoms with Crippen molar-refractivity contribution in [2.24, 2.45) is 5.73 Å². The van der Waals surface area contributed by atoms with Crippen molar-refractivity contribution in [3.05, 3.63) is 57.8 Å². The molecule has 0 saturated carbocycles. The van der Waals surface area contributed by atoms with Gasteiger partial charge in [-0.15, -0.1) is 0 Å². The van der Waals surface area contributed by atoms with E-state index in [1.807, 2.05) is 25.1 Å². The minimum Gasteiger partial charge on any atom is -0.325 e. The molecule has 19 heavy (non-hydrogen) atoms. The van der Waals surface area contributed by atoms with Crippen LogP contribution in [0.2, 0.25) is 0 Å². The summed E-state index contributed by atoms with van der Waals surface area (Å²) in [7, 11) is 0. The fraction of sp³-hybridized carbons (Fsp3) is 0.143. The minimum atomic E-state index is -0.177. The van der Waals surface area contributed by atoms with Crippen LogP contribution in [0.1, 0.15) is 21.6 Å². The predicted octanol–water partition coefficient (Wildman–Crippen LogP) is 2.86. The summed E-state index contributed by atoms with van der Waals surface area (Å²) in [5.74, 6) is -0.177. The molecule has 0 unspecified atom stereocenters. The van der Waals surface area contributed by atoms with E-state index in [0.29, 0.717) is 17.8 Å². The fourth-order valence-corrected chi connectivity index (χ4v) is 2.01. The minimum absolute atomic E-state index is 0.177. The van der Waals surface area contributed by atoms with Gasteiger partial charge in [0.15, 0.2) is 0 Å². The van der Waals surface area contributed by atoms with Gasteiger partial charge in [0.2, 0.25) is 0 Å². The number of aryl methyl sites for hydroxylation is 1. The highest BCUT2D eigenvalue weighted by Crippen LogP contribution is 2.23. The molecule has 0 spiro atoms. The predicted molar refractivity (Wildman–Crippen MR) is 79.0 cm³/mol. The number of pyridine rings is 1. The van der Waals surface area contributed by atoms with Crippen LogP contribution in [0.25, 0.3) is 0 Å². The van der Waals surface area contributed by atoms with E-state index in [4.69, 9.17) is 5.73 Å². The van der Waals surface area contributed by atoms with E-state index < -0.39 is 0 Å². The first-order chi connectivity index (χ1) is 9.10. The van der Waals surface area contributed by atoms with Crippen LogP contribution in [0.5, 0.6) is 0 Å². The lowest BCUT2D eigenvalue weighted by Gasteiger charge is -2.09. The number of nitrogens with one attached hydrogen (secondary N) is 1. The van der Waals surface area contributed by atoms with Gasteiger partial charge in [-0.1, -0.05) is 6.07 Å². The second-order valence-electron chi connectivity index (χ2n) is 4.18. The Kier molecular flexibility index (Phi) is 4.29. The standard InChI is InChI=1S/C14H14BrN3O/c1-9-2-3-12(15)13(6-9)18-14(19)10-4-5-17-11(7-10)8-16/h2-7H,8,16H2,1H3,(H,18,19). The Morgan fingerprint density at radius 2 is 2.16 bits per heavy atom. The highest BCUT2D eigenvalue weighted by molar-refractivity contribution is 9.10. The van der Waals surface area contributed by atoms with Gasteiger partial charge in [-0.05, 0) is 52.7 Å². The summed E-state index contributed by atoms with van der Waals surface area (Å²) < 4.78 is 0.847. The Balaban J connectivity index is 2.22. The molecule has 1 heterocycles. The molecular formula is C14H14BrN3O. The quantitative estimate of drug-likeness (QED) is 0.914. The van der Waals surface area contributed by atoms with Crippen LogP contribution in [-0.4, -0.2) is 10.9 Å². The molecule has 0 aliphatic rings. The number of aromatic nitrogens is 1.